The van der Waals surface area contributed by atoms with Crippen molar-refractivity contribution in [2.45, 2.75) is 46.1 Å². The number of ether oxygens (including phenoxy) is 2. The van der Waals surface area contributed by atoms with E-state index >= 15 is 0 Å². The molecule has 0 amide bonds. The number of halogens is 1. The number of guanidine groups is 1. The SMILES string of the molecule is CCNC(=NCC1CN(CC(C)C)CCO1)N(C)CCC1CCOCC1.I. The average Bonchev–Trinajstić information content (AvgIpc) is 2.64. The molecular formula is C20H41IN4O2. The third-order valence-corrected chi connectivity index (χ3v) is 5.20. The fourth-order valence-electron chi connectivity index (χ4n) is 3.75. The first kappa shape index (κ1) is 24.9. The zero-order valence-corrected chi connectivity index (χ0v) is 20.1. The Morgan fingerprint density at radius 3 is 2.67 bits per heavy atom. The molecule has 7 heteroatoms. The molecule has 0 spiro atoms. The summed E-state index contributed by atoms with van der Waals surface area (Å²) in [4.78, 5) is 9.65. The third kappa shape index (κ3) is 9.76. The Balaban J connectivity index is 0.00000364. The number of aliphatic imine (C=N–C) groups is 1. The third-order valence-electron chi connectivity index (χ3n) is 5.20. The van der Waals surface area contributed by atoms with Crippen LogP contribution in [-0.4, -0.2) is 88.0 Å². The van der Waals surface area contributed by atoms with E-state index in [1.807, 2.05) is 0 Å². The zero-order chi connectivity index (χ0) is 18.8. The van der Waals surface area contributed by atoms with E-state index < -0.39 is 0 Å². The van der Waals surface area contributed by atoms with Crippen molar-refractivity contribution in [1.82, 2.24) is 15.1 Å². The summed E-state index contributed by atoms with van der Waals surface area (Å²) in [5.41, 5.74) is 0. The summed E-state index contributed by atoms with van der Waals surface area (Å²) in [5.74, 6) is 2.50. The Morgan fingerprint density at radius 2 is 2.00 bits per heavy atom. The summed E-state index contributed by atoms with van der Waals surface area (Å²) in [6.45, 7) is 15.2. The second-order valence-corrected chi connectivity index (χ2v) is 8.11. The van der Waals surface area contributed by atoms with Crippen molar-refractivity contribution in [3.63, 3.8) is 0 Å². The monoisotopic (exact) mass is 496 g/mol. The molecule has 0 radical (unpaired) electrons. The molecule has 1 N–H and O–H groups in total. The van der Waals surface area contributed by atoms with Crippen LogP contribution >= 0.6 is 24.0 Å². The van der Waals surface area contributed by atoms with Crippen molar-refractivity contribution in [1.29, 1.82) is 0 Å². The maximum Gasteiger partial charge on any atom is 0.193 e. The van der Waals surface area contributed by atoms with Gasteiger partial charge in [0, 0.05) is 53.0 Å². The molecule has 2 fully saturated rings. The summed E-state index contributed by atoms with van der Waals surface area (Å²) in [7, 11) is 2.15. The molecule has 6 nitrogen and oxygen atoms in total. The number of hydrogen-bond acceptors (Lipinski definition) is 4. The Labute approximate surface area is 183 Å². The molecule has 0 aromatic carbocycles. The average molecular weight is 496 g/mol. The van der Waals surface area contributed by atoms with Gasteiger partial charge in [-0.3, -0.25) is 9.89 Å². The van der Waals surface area contributed by atoms with Gasteiger partial charge in [-0.1, -0.05) is 13.8 Å². The largest absolute Gasteiger partial charge is 0.381 e. The van der Waals surface area contributed by atoms with E-state index in [9.17, 15) is 0 Å². The minimum absolute atomic E-state index is 0. The predicted molar refractivity (Wildman–Crippen MR) is 123 cm³/mol. The highest BCUT2D eigenvalue weighted by molar-refractivity contribution is 14.0. The van der Waals surface area contributed by atoms with Crippen LogP contribution in [0.15, 0.2) is 4.99 Å². The summed E-state index contributed by atoms with van der Waals surface area (Å²) >= 11 is 0. The standard InChI is InChI=1S/C20H40N4O2.HI/c1-5-21-20(23(4)9-6-18-7-11-25-12-8-18)22-14-19-16-24(10-13-26-19)15-17(2)3;/h17-19H,5-16H2,1-4H3,(H,21,22);1H. The minimum Gasteiger partial charge on any atom is -0.381 e. The molecule has 2 aliphatic rings. The van der Waals surface area contributed by atoms with Crippen LogP contribution in [-0.2, 0) is 9.47 Å². The predicted octanol–water partition coefficient (Wildman–Crippen LogP) is 2.68. The van der Waals surface area contributed by atoms with Gasteiger partial charge in [-0.2, -0.15) is 0 Å². The van der Waals surface area contributed by atoms with Gasteiger partial charge in [0.1, 0.15) is 0 Å². The molecule has 2 saturated heterocycles. The number of rotatable bonds is 8. The highest BCUT2D eigenvalue weighted by Gasteiger charge is 2.21. The lowest BCUT2D eigenvalue weighted by atomic mass is 9.96. The van der Waals surface area contributed by atoms with Crippen LogP contribution in [0.1, 0.15) is 40.0 Å². The van der Waals surface area contributed by atoms with Crippen LogP contribution in [0, 0.1) is 11.8 Å². The summed E-state index contributed by atoms with van der Waals surface area (Å²) in [6, 6.07) is 0. The lowest BCUT2D eigenvalue weighted by molar-refractivity contribution is -0.0262. The zero-order valence-electron chi connectivity index (χ0n) is 17.8. The minimum atomic E-state index is 0. The smallest absolute Gasteiger partial charge is 0.193 e. The topological polar surface area (TPSA) is 49.3 Å². The fourth-order valence-corrected chi connectivity index (χ4v) is 3.75. The van der Waals surface area contributed by atoms with E-state index in [-0.39, 0.29) is 30.1 Å². The van der Waals surface area contributed by atoms with Crippen LogP contribution in [0.25, 0.3) is 0 Å². The second kappa shape index (κ2) is 14.0. The van der Waals surface area contributed by atoms with Crippen molar-refractivity contribution < 1.29 is 9.47 Å². The Hall–Kier alpha value is -0.120. The summed E-state index contributed by atoms with van der Waals surface area (Å²) in [6.07, 6.45) is 3.82. The van der Waals surface area contributed by atoms with Gasteiger partial charge in [0.2, 0.25) is 0 Å². The first-order valence-electron chi connectivity index (χ1n) is 10.5. The van der Waals surface area contributed by atoms with E-state index in [0.717, 1.165) is 71.0 Å². The van der Waals surface area contributed by atoms with Crippen LogP contribution in [0.4, 0.5) is 0 Å². The van der Waals surface area contributed by atoms with Gasteiger partial charge in [-0.25, -0.2) is 0 Å². The molecular weight excluding hydrogens is 455 g/mol. The number of hydrogen-bond donors (Lipinski definition) is 1. The van der Waals surface area contributed by atoms with Gasteiger partial charge in [0.25, 0.3) is 0 Å². The Kier molecular flexibility index (Phi) is 12.9. The lowest BCUT2D eigenvalue weighted by Crippen LogP contribution is -2.46. The van der Waals surface area contributed by atoms with Gasteiger partial charge in [-0.15, -0.1) is 24.0 Å². The normalized spacial score (nSPS) is 22.6. The van der Waals surface area contributed by atoms with Crippen LogP contribution in [0.3, 0.4) is 0 Å². The van der Waals surface area contributed by atoms with Crippen molar-refractivity contribution in [3.05, 3.63) is 0 Å². The fraction of sp³-hybridized carbons (Fsp3) is 0.950. The van der Waals surface area contributed by atoms with Gasteiger partial charge < -0.3 is 19.7 Å². The van der Waals surface area contributed by atoms with Gasteiger partial charge in [-0.05, 0) is 38.0 Å². The maximum absolute atomic E-state index is 5.94. The molecule has 2 rings (SSSR count). The summed E-state index contributed by atoms with van der Waals surface area (Å²) in [5, 5.41) is 3.44. The van der Waals surface area contributed by atoms with E-state index in [1.165, 1.54) is 19.3 Å². The highest BCUT2D eigenvalue weighted by atomic mass is 127. The van der Waals surface area contributed by atoms with Crippen molar-refractivity contribution in [3.8, 4) is 0 Å². The maximum atomic E-state index is 5.94. The molecule has 1 atom stereocenters. The highest BCUT2D eigenvalue weighted by Crippen LogP contribution is 2.18. The number of nitrogens with one attached hydrogen (secondary N) is 1. The van der Waals surface area contributed by atoms with Gasteiger partial charge in [0.15, 0.2) is 5.96 Å². The van der Waals surface area contributed by atoms with E-state index in [4.69, 9.17) is 14.5 Å². The quantitative estimate of drug-likeness (QED) is 0.318. The van der Waals surface area contributed by atoms with Crippen LogP contribution in [0.5, 0.6) is 0 Å². The van der Waals surface area contributed by atoms with Crippen molar-refractivity contribution in [2.75, 3.05) is 66.1 Å². The molecule has 0 aromatic heterocycles. The van der Waals surface area contributed by atoms with Gasteiger partial charge >= 0.3 is 0 Å². The molecule has 2 heterocycles. The number of nitrogens with zero attached hydrogens (tertiary/aromatic N) is 3. The van der Waals surface area contributed by atoms with Crippen LogP contribution in [0.2, 0.25) is 0 Å². The van der Waals surface area contributed by atoms with Gasteiger partial charge in [0.05, 0.1) is 19.3 Å². The lowest BCUT2D eigenvalue weighted by Gasteiger charge is -2.33. The number of morpholine rings is 1. The molecule has 2 aliphatic heterocycles. The molecule has 160 valence electrons. The summed E-state index contributed by atoms with van der Waals surface area (Å²) < 4.78 is 11.4. The molecule has 0 aliphatic carbocycles. The first-order chi connectivity index (χ1) is 12.6. The molecule has 27 heavy (non-hydrogen) atoms. The van der Waals surface area contributed by atoms with Crippen molar-refractivity contribution in [2.24, 2.45) is 16.8 Å². The first-order valence-corrected chi connectivity index (χ1v) is 10.5. The van der Waals surface area contributed by atoms with E-state index in [1.54, 1.807) is 0 Å². The van der Waals surface area contributed by atoms with E-state index in [0.29, 0.717) is 5.92 Å². The van der Waals surface area contributed by atoms with Crippen molar-refractivity contribution >= 4 is 29.9 Å². The second-order valence-electron chi connectivity index (χ2n) is 8.11. The van der Waals surface area contributed by atoms with Crippen LogP contribution < -0.4 is 5.32 Å². The molecule has 1 unspecified atom stereocenters. The Bertz CT molecular complexity index is 417. The molecule has 0 saturated carbocycles. The Morgan fingerprint density at radius 1 is 1.26 bits per heavy atom. The molecule has 0 bridgehead atoms. The van der Waals surface area contributed by atoms with E-state index in [2.05, 4.69) is 42.9 Å². The molecule has 0 aromatic rings.